The fraction of sp³-hybridized carbons (Fsp3) is 0.150. The molecule has 28 heavy (non-hydrogen) atoms. The van der Waals surface area contributed by atoms with Crippen molar-refractivity contribution in [2.75, 3.05) is 4.72 Å². The van der Waals surface area contributed by atoms with Gasteiger partial charge in [0, 0.05) is 22.2 Å². The second-order valence-corrected chi connectivity index (χ2v) is 8.33. The fourth-order valence-corrected chi connectivity index (χ4v) is 3.73. The monoisotopic (exact) mass is 417 g/mol. The van der Waals surface area contributed by atoms with Crippen LogP contribution in [0.4, 0.5) is 5.69 Å². The van der Waals surface area contributed by atoms with Crippen molar-refractivity contribution in [3.05, 3.63) is 87.7 Å². The van der Waals surface area contributed by atoms with Crippen LogP contribution < -0.4 is 9.86 Å². The molecule has 1 aromatic heterocycles. The Morgan fingerprint density at radius 2 is 1.79 bits per heavy atom. The van der Waals surface area contributed by atoms with Crippen LogP contribution in [0.25, 0.3) is 0 Å². The van der Waals surface area contributed by atoms with Crippen molar-refractivity contribution in [1.82, 2.24) is 4.98 Å². The number of H-pyrrole nitrogens is 1. The third-order valence-corrected chi connectivity index (χ3v) is 5.31. The van der Waals surface area contributed by atoms with Crippen LogP contribution in [0.1, 0.15) is 45.7 Å². The van der Waals surface area contributed by atoms with E-state index < -0.39 is 10.2 Å². The Morgan fingerprint density at radius 3 is 2.39 bits per heavy atom. The van der Waals surface area contributed by atoms with E-state index in [0.29, 0.717) is 16.3 Å². The average Bonchev–Trinajstić information content (AvgIpc) is 3.10. The topological polar surface area (TPSA) is 105 Å². The lowest BCUT2D eigenvalue weighted by Crippen LogP contribution is -2.21. The highest BCUT2D eigenvalue weighted by Crippen LogP contribution is 2.32. The number of nitrogens with one attached hydrogen (secondary N) is 2. The first-order valence-corrected chi connectivity index (χ1v) is 10.5. The van der Waals surface area contributed by atoms with Crippen LogP contribution in [-0.2, 0) is 10.2 Å². The van der Waals surface area contributed by atoms with Crippen molar-refractivity contribution in [1.29, 1.82) is 0 Å². The Hall–Kier alpha value is -2.61. The van der Waals surface area contributed by atoms with Gasteiger partial charge in [0.25, 0.3) is 10.2 Å². The molecule has 0 fully saturated rings. The summed E-state index contributed by atoms with van der Waals surface area (Å²) in [5.74, 6) is -0.215. The Balaban J connectivity index is 1.83. The first kappa shape index (κ1) is 20.1. The highest BCUT2D eigenvalue weighted by molar-refractivity contribution is 7.90. The average molecular weight is 418 g/mol. The van der Waals surface area contributed by atoms with Gasteiger partial charge in [0.15, 0.2) is 0 Å². The molecule has 3 rings (SSSR count). The molecule has 2 aromatic carbocycles. The van der Waals surface area contributed by atoms with E-state index in [9.17, 15) is 13.2 Å². The molecule has 1 heterocycles. The zero-order valence-corrected chi connectivity index (χ0v) is 16.9. The number of rotatable bonds is 6. The summed E-state index contributed by atoms with van der Waals surface area (Å²) in [5.41, 5.74) is 4.09. The summed E-state index contributed by atoms with van der Waals surface area (Å²) >= 11 is 6.33. The van der Waals surface area contributed by atoms with Gasteiger partial charge in [-0.3, -0.25) is 9.52 Å². The van der Waals surface area contributed by atoms with Gasteiger partial charge in [-0.2, -0.15) is 8.42 Å². The molecule has 6 nitrogen and oxygen atoms in total. The van der Waals surface area contributed by atoms with Crippen molar-refractivity contribution < 1.29 is 13.2 Å². The van der Waals surface area contributed by atoms with Crippen molar-refractivity contribution in [2.24, 2.45) is 5.14 Å². The maximum absolute atomic E-state index is 12.6. The third-order valence-electron chi connectivity index (χ3n) is 4.46. The smallest absolute Gasteiger partial charge is 0.296 e. The first-order valence-electron chi connectivity index (χ1n) is 8.54. The maximum atomic E-state index is 12.6. The maximum Gasteiger partial charge on any atom is 0.296 e. The molecule has 0 saturated carbocycles. The molecule has 1 atom stereocenters. The molecule has 4 N–H and O–H groups in total. The van der Waals surface area contributed by atoms with Crippen molar-refractivity contribution >= 4 is 33.3 Å². The number of anilines is 1. The van der Waals surface area contributed by atoms with Gasteiger partial charge in [-0.15, -0.1) is 0 Å². The van der Waals surface area contributed by atoms with Crippen LogP contribution >= 0.6 is 11.6 Å². The summed E-state index contributed by atoms with van der Waals surface area (Å²) in [5, 5.41) is 5.37. The largest absolute Gasteiger partial charge is 0.355 e. The number of nitrogens with two attached hydrogens (primary N) is 1. The van der Waals surface area contributed by atoms with E-state index >= 15 is 0 Å². The predicted molar refractivity (Wildman–Crippen MR) is 111 cm³/mol. The molecule has 3 aromatic rings. The number of hydrogen-bond donors (Lipinski definition) is 3. The zero-order chi connectivity index (χ0) is 20.5. The SMILES string of the molecule is Cc1ccc(C(=O)c2ccc(C(C)c3ccc(NS(N)(=O)=O)cc3Cl)[nH]2)cc1. The van der Waals surface area contributed by atoms with Gasteiger partial charge in [0.2, 0.25) is 5.78 Å². The number of carbonyl (C=O) groups is 1. The second-order valence-electron chi connectivity index (χ2n) is 6.63. The molecule has 8 heteroatoms. The minimum Gasteiger partial charge on any atom is -0.355 e. The normalized spacial score (nSPS) is 12.6. The molecular formula is C20H20ClN3O3S. The minimum atomic E-state index is -3.87. The summed E-state index contributed by atoms with van der Waals surface area (Å²) in [4.78, 5) is 15.8. The van der Waals surface area contributed by atoms with Crippen LogP contribution in [0, 0.1) is 6.92 Å². The lowest BCUT2D eigenvalue weighted by molar-refractivity contribution is 0.103. The lowest BCUT2D eigenvalue weighted by Gasteiger charge is -2.14. The van der Waals surface area contributed by atoms with E-state index in [1.54, 1.807) is 30.3 Å². The summed E-state index contributed by atoms with van der Waals surface area (Å²) in [7, 11) is -3.87. The molecule has 0 spiro atoms. The van der Waals surface area contributed by atoms with E-state index in [-0.39, 0.29) is 17.4 Å². The van der Waals surface area contributed by atoms with Crippen LogP contribution in [0.2, 0.25) is 5.02 Å². The van der Waals surface area contributed by atoms with Crippen molar-refractivity contribution in [3.63, 3.8) is 0 Å². The van der Waals surface area contributed by atoms with E-state index in [1.807, 2.05) is 32.0 Å². The zero-order valence-electron chi connectivity index (χ0n) is 15.4. The number of aromatic amines is 1. The number of aryl methyl sites for hydroxylation is 1. The van der Waals surface area contributed by atoms with E-state index in [0.717, 1.165) is 16.8 Å². The number of halogens is 1. The Kier molecular flexibility index (Phi) is 5.60. The molecule has 146 valence electrons. The van der Waals surface area contributed by atoms with Gasteiger partial charge in [-0.25, -0.2) is 5.14 Å². The number of benzene rings is 2. The standard InChI is InChI=1S/C20H20ClN3O3S/c1-12-3-5-14(6-4-12)20(25)19-10-9-18(23-19)13(2)16-8-7-15(11-17(16)21)24-28(22,26)27/h3-11,13,23-24H,1-2H3,(H2,22,26,27). The third kappa shape index (κ3) is 4.62. The Labute approximate surface area is 168 Å². The molecule has 0 saturated heterocycles. The summed E-state index contributed by atoms with van der Waals surface area (Å²) < 4.78 is 24.5. The highest BCUT2D eigenvalue weighted by Gasteiger charge is 2.17. The van der Waals surface area contributed by atoms with Gasteiger partial charge in [-0.05, 0) is 36.8 Å². The van der Waals surface area contributed by atoms with Crippen LogP contribution in [0.15, 0.2) is 54.6 Å². The highest BCUT2D eigenvalue weighted by atomic mass is 35.5. The molecular weight excluding hydrogens is 398 g/mol. The summed E-state index contributed by atoms with van der Waals surface area (Å²) in [6, 6.07) is 15.8. The second kappa shape index (κ2) is 7.79. The number of hydrogen-bond acceptors (Lipinski definition) is 3. The summed E-state index contributed by atoms with van der Waals surface area (Å²) in [6.07, 6.45) is 0. The lowest BCUT2D eigenvalue weighted by atomic mass is 9.98. The number of carbonyl (C=O) groups excluding carboxylic acids is 1. The van der Waals surface area contributed by atoms with E-state index in [2.05, 4.69) is 9.71 Å². The Bertz CT molecular complexity index is 1120. The molecule has 0 amide bonds. The van der Waals surface area contributed by atoms with Crippen LogP contribution in [0.3, 0.4) is 0 Å². The summed E-state index contributed by atoms with van der Waals surface area (Å²) in [6.45, 7) is 3.91. The van der Waals surface area contributed by atoms with E-state index in [4.69, 9.17) is 16.7 Å². The number of aromatic nitrogens is 1. The van der Waals surface area contributed by atoms with Gasteiger partial charge < -0.3 is 4.98 Å². The van der Waals surface area contributed by atoms with Crippen LogP contribution in [-0.4, -0.2) is 19.2 Å². The van der Waals surface area contributed by atoms with Crippen molar-refractivity contribution in [2.45, 2.75) is 19.8 Å². The molecule has 0 radical (unpaired) electrons. The molecule has 0 aliphatic heterocycles. The first-order chi connectivity index (χ1) is 13.1. The molecule has 1 unspecified atom stereocenters. The molecule has 0 aliphatic carbocycles. The van der Waals surface area contributed by atoms with Gasteiger partial charge >= 0.3 is 0 Å². The van der Waals surface area contributed by atoms with E-state index in [1.165, 1.54) is 6.07 Å². The predicted octanol–water partition coefficient (Wildman–Crippen LogP) is 3.97. The van der Waals surface area contributed by atoms with Gasteiger partial charge in [-0.1, -0.05) is 54.4 Å². The Morgan fingerprint density at radius 1 is 1.11 bits per heavy atom. The quantitative estimate of drug-likeness (QED) is 0.528. The van der Waals surface area contributed by atoms with Gasteiger partial charge in [0.05, 0.1) is 11.4 Å². The number of ketones is 1. The minimum absolute atomic E-state index is 0.0859. The van der Waals surface area contributed by atoms with Gasteiger partial charge in [0.1, 0.15) is 0 Å². The fourth-order valence-electron chi connectivity index (χ4n) is 2.93. The van der Waals surface area contributed by atoms with Crippen LogP contribution in [0.5, 0.6) is 0 Å². The molecule has 0 bridgehead atoms. The van der Waals surface area contributed by atoms with Crippen molar-refractivity contribution in [3.8, 4) is 0 Å². The molecule has 0 aliphatic rings.